The lowest BCUT2D eigenvalue weighted by Gasteiger charge is -2.20. The van der Waals surface area contributed by atoms with E-state index in [0.717, 1.165) is 32.6 Å². The largest absolute Gasteiger partial charge is 0.302 e. The van der Waals surface area contributed by atoms with Crippen LogP contribution in [0.1, 0.15) is 24.2 Å². The molecule has 0 unspecified atom stereocenters. The Kier molecular flexibility index (Phi) is 3.22. The number of fused-ring (bicyclic) bond motifs is 1. The second-order valence-electron chi connectivity index (χ2n) is 5.58. The number of hydrogen-bond donors (Lipinski definition) is 0. The molecule has 0 fully saturated rings. The fourth-order valence-electron chi connectivity index (χ4n) is 2.78. The highest BCUT2D eigenvalue weighted by Gasteiger charge is 2.17. The zero-order valence-corrected chi connectivity index (χ0v) is 11.4. The second kappa shape index (κ2) is 4.86. The van der Waals surface area contributed by atoms with E-state index in [9.17, 15) is 0 Å². The fourth-order valence-corrected chi connectivity index (χ4v) is 2.78. The predicted molar refractivity (Wildman–Crippen MR) is 73.3 cm³/mol. The van der Waals surface area contributed by atoms with Crippen molar-refractivity contribution in [1.29, 1.82) is 0 Å². The number of aryl methyl sites for hydroxylation is 1. The summed E-state index contributed by atoms with van der Waals surface area (Å²) in [4.78, 5) is 4.73. The third-order valence-electron chi connectivity index (χ3n) is 3.95. The van der Waals surface area contributed by atoms with E-state index in [1.54, 1.807) is 0 Å². The van der Waals surface area contributed by atoms with E-state index in [1.165, 1.54) is 29.9 Å². The molecule has 98 valence electrons. The van der Waals surface area contributed by atoms with Gasteiger partial charge in [-0.25, -0.2) is 0 Å². The quantitative estimate of drug-likeness (QED) is 0.749. The first kappa shape index (κ1) is 11.9. The second-order valence-corrected chi connectivity index (χ2v) is 5.58. The third kappa shape index (κ3) is 2.35. The van der Waals surface area contributed by atoms with Crippen molar-refractivity contribution in [2.24, 2.45) is 0 Å². The summed E-state index contributed by atoms with van der Waals surface area (Å²) in [7, 11) is 4.36. The molecule has 0 amide bonds. The van der Waals surface area contributed by atoms with Gasteiger partial charge in [0, 0.05) is 32.7 Å². The van der Waals surface area contributed by atoms with Gasteiger partial charge in [-0.15, -0.1) is 0 Å². The summed E-state index contributed by atoms with van der Waals surface area (Å²) in [6, 6.07) is 2.29. The monoisotopic (exact) mass is 246 g/mol. The molecular weight excluding hydrogens is 224 g/mol. The van der Waals surface area contributed by atoms with E-state index in [1.807, 2.05) is 0 Å². The van der Waals surface area contributed by atoms with Crippen LogP contribution in [0.4, 0.5) is 0 Å². The van der Waals surface area contributed by atoms with E-state index >= 15 is 0 Å². The molecule has 4 heteroatoms. The molecule has 0 radical (unpaired) electrons. The van der Waals surface area contributed by atoms with Gasteiger partial charge in [0.25, 0.3) is 0 Å². The Balaban J connectivity index is 1.85. The Morgan fingerprint density at radius 1 is 1.11 bits per heavy atom. The smallest absolute Gasteiger partial charge is 0.0884 e. The molecule has 3 rings (SSSR count). The lowest BCUT2D eigenvalue weighted by molar-refractivity contribution is 0.332. The zero-order chi connectivity index (χ0) is 12.5. The van der Waals surface area contributed by atoms with Crippen molar-refractivity contribution in [2.75, 3.05) is 33.7 Å². The molecule has 2 aliphatic rings. The Labute approximate surface area is 109 Å². The Morgan fingerprint density at radius 3 is 2.78 bits per heavy atom. The van der Waals surface area contributed by atoms with Crippen molar-refractivity contribution < 1.29 is 0 Å². The lowest BCUT2D eigenvalue weighted by Crippen LogP contribution is -2.23. The van der Waals surface area contributed by atoms with Crippen LogP contribution >= 0.6 is 0 Å². The molecule has 4 nitrogen and oxygen atoms in total. The molecule has 1 aromatic rings. The van der Waals surface area contributed by atoms with Crippen LogP contribution in [-0.2, 0) is 13.1 Å². The van der Waals surface area contributed by atoms with Crippen molar-refractivity contribution in [3.8, 4) is 0 Å². The van der Waals surface area contributed by atoms with Crippen LogP contribution < -0.4 is 0 Å². The Bertz CT molecular complexity index is 460. The number of hydrogen-bond acceptors (Lipinski definition) is 3. The van der Waals surface area contributed by atoms with Gasteiger partial charge in [-0.3, -0.25) is 4.68 Å². The average molecular weight is 246 g/mol. The lowest BCUT2D eigenvalue weighted by atomic mass is 10.1. The molecule has 0 aliphatic carbocycles. The van der Waals surface area contributed by atoms with Gasteiger partial charge in [0.05, 0.1) is 11.4 Å². The van der Waals surface area contributed by atoms with Crippen molar-refractivity contribution in [2.45, 2.75) is 25.9 Å². The molecule has 0 spiro atoms. The SMILES string of the molecule is CN1CC=C(c2cc3n(n2)CCCN(C)C3)CC1. The molecule has 2 aliphatic heterocycles. The van der Waals surface area contributed by atoms with Crippen molar-refractivity contribution >= 4 is 5.57 Å². The van der Waals surface area contributed by atoms with E-state index in [4.69, 9.17) is 5.10 Å². The maximum Gasteiger partial charge on any atom is 0.0884 e. The highest BCUT2D eigenvalue weighted by Crippen LogP contribution is 2.23. The van der Waals surface area contributed by atoms with E-state index in [2.05, 4.69) is 40.7 Å². The summed E-state index contributed by atoms with van der Waals surface area (Å²) in [6.45, 7) is 5.46. The first-order chi connectivity index (χ1) is 8.72. The van der Waals surface area contributed by atoms with Crippen molar-refractivity contribution in [3.05, 3.63) is 23.5 Å². The third-order valence-corrected chi connectivity index (χ3v) is 3.95. The van der Waals surface area contributed by atoms with Crippen molar-refractivity contribution in [1.82, 2.24) is 19.6 Å². The highest BCUT2D eigenvalue weighted by molar-refractivity contribution is 5.63. The van der Waals surface area contributed by atoms with Crippen LogP contribution in [0.15, 0.2) is 12.1 Å². The molecule has 1 aromatic heterocycles. The molecule has 0 aromatic carbocycles. The minimum Gasteiger partial charge on any atom is -0.302 e. The zero-order valence-electron chi connectivity index (χ0n) is 11.4. The summed E-state index contributed by atoms with van der Waals surface area (Å²) < 4.78 is 2.21. The van der Waals surface area contributed by atoms with Crippen LogP contribution in [0.5, 0.6) is 0 Å². The normalized spacial score (nSPS) is 22.4. The molecule has 0 atom stereocenters. The predicted octanol–water partition coefficient (Wildman–Crippen LogP) is 1.44. The van der Waals surface area contributed by atoms with Gasteiger partial charge in [0.2, 0.25) is 0 Å². The first-order valence-corrected chi connectivity index (χ1v) is 6.85. The minimum atomic E-state index is 1.03. The number of aromatic nitrogens is 2. The maximum atomic E-state index is 4.80. The molecule has 0 saturated carbocycles. The summed E-state index contributed by atoms with van der Waals surface area (Å²) >= 11 is 0. The molecule has 3 heterocycles. The first-order valence-electron chi connectivity index (χ1n) is 6.85. The summed E-state index contributed by atoms with van der Waals surface area (Å²) in [5.41, 5.74) is 3.99. The average Bonchev–Trinajstić information content (AvgIpc) is 2.65. The van der Waals surface area contributed by atoms with Gasteiger partial charge in [0.15, 0.2) is 0 Å². The molecule has 0 saturated heterocycles. The molecule has 0 N–H and O–H groups in total. The van der Waals surface area contributed by atoms with Gasteiger partial charge in [-0.05, 0) is 38.6 Å². The van der Waals surface area contributed by atoms with Crippen LogP contribution in [0.2, 0.25) is 0 Å². The number of rotatable bonds is 1. The molecular formula is C14H22N4. The van der Waals surface area contributed by atoms with E-state index in [0.29, 0.717) is 0 Å². The topological polar surface area (TPSA) is 24.3 Å². The van der Waals surface area contributed by atoms with Crippen LogP contribution in [0.3, 0.4) is 0 Å². The molecule has 0 bridgehead atoms. The van der Waals surface area contributed by atoms with Gasteiger partial charge in [-0.2, -0.15) is 5.10 Å². The van der Waals surface area contributed by atoms with Gasteiger partial charge in [-0.1, -0.05) is 6.08 Å². The minimum absolute atomic E-state index is 1.03. The van der Waals surface area contributed by atoms with Crippen molar-refractivity contribution in [3.63, 3.8) is 0 Å². The maximum absolute atomic E-state index is 4.80. The van der Waals surface area contributed by atoms with Crippen LogP contribution in [0, 0.1) is 0 Å². The number of nitrogens with zero attached hydrogens (tertiary/aromatic N) is 4. The summed E-state index contributed by atoms with van der Waals surface area (Å²) in [6.07, 6.45) is 4.66. The Hall–Kier alpha value is -1.13. The molecule has 18 heavy (non-hydrogen) atoms. The summed E-state index contributed by atoms with van der Waals surface area (Å²) in [5, 5.41) is 4.80. The van der Waals surface area contributed by atoms with Gasteiger partial charge >= 0.3 is 0 Å². The van der Waals surface area contributed by atoms with E-state index < -0.39 is 0 Å². The van der Waals surface area contributed by atoms with E-state index in [-0.39, 0.29) is 0 Å². The summed E-state index contributed by atoms with van der Waals surface area (Å²) in [5.74, 6) is 0. The highest BCUT2D eigenvalue weighted by atomic mass is 15.3. The van der Waals surface area contributed by atoms with Gasteiger partial charge in [0.1, 0.15) is 0 Å². The van der Waals surface area contributed by atoms with Crippen LogP contribution in [-0.4, -0.2) is 53.3 Å². The van der Waals surface area contributed by atoms with Gasteiger partial charge < -0.3 is 9.80 Å². The Morgan fingerprint density at radius 2 is 2.00 bits per heavy atom. The number of likely N-dealkylation sites (N-methyl/N-ethyl adjacent to an activating group) is 1. The van der Waals surface area contributed by atoms with Crippen LogP contribution in [0.25, 0.3) is 5.57 Å². The standard InChI is InChI=1S/C14H22N4/c1-16-8-4-12(5-9-16)14-10-13-11-17(2)6-3-7-18(13)15-14/h4,10H,3,5-9,11H2,1-2H3. The fraction of sp³-hybridized carbons (Fsp3) is 0.643.